The molecule has 0 nitrogen and oxygen atoms in total. The maximum absolute atomic E-state index is 2.59. The van der Waals surface area contributed by atoms with Gasteiger partial charge in [-0.15, -0.1) is 0 Å². The van der Waals surface area contributed by atoms with Crippen LogP contribution in [0.15, 0.2) is 12.2 Å². The van der Waals surface area contributed by atoms with E-state index in [1.54, 1.807) is 0 Å². The predicted octanol–water partition coefficient (Wildman–Crippen LogP) is 7.20. The van der Waals surface area contributed by atoms with Crippen molar-refractivity contribution in [1.29, 1.82) is 0 Å². The SMILES string of the molecule is C/C=C/CB([C@@H]1C[C@@H]2[C@H](C[C@H]1C)C2(C)C)[C@@H]1C[C@@H]2[C@H](C[C@H]1C)C2(C)C. The minimum Gasteiger partial charge on any atom is -0.0960 e. The zero-order valence-corrected chi connectivity index (χ0v) is 17.9. The molecule has 4 aliphatic carbocycles. The molecule has 0 heterocycles. The van der Waals surface area contributed by atoms with Crippen LogP contribution in [-0.4, -0.2) is 6.71 Å². The van der Waals surface area contributed by atoms with Gasteiger partial charge in [0.25, 0.3) is 0 Å². The van der Waals surface area contributed by atoms with Crippen molar-refractivity contribution < 1.29 is 0 Å². The fraction of sp³-hybridized carbons (Fsp3) is 0.917. The lowest BCUT2D eigenvalue weighted by Crippen LogP contribution is -2.37. The van der Waals surface area contributed by atoms with Crippen LogP contribution in [0.2, 0.25) is 18.0 Å². The van der Waals surface area contributed by atoms with Crippen LogP contribution in [0.4, 0.5) is 0 Å². The summed E-state index contributed by atoms with van der Waals surface area (Å²) in [6.07, 6.45) is 12.2. The van der Waals surface area contributed by atoms with E-state index in [1.807, 2.05) is 0 Å². The zero-order chi connectivity index (χ0) is 18.1. The molecule has 0 radical (unpaired) electrons. The van der Waals surface area contributed by atoms with E-state index in [2.05, 4.69) is 60.6 Å². The highest BCUT2D eigenvalue weighted by molar-refractivity contribution is 6.62. The van der Waals surface area contributed by atoms with Crippen molar-refractivity contribution in [3.8, 4) is 0 Å². The van der Waals surface area contributed by atoms with E-state index in [-0.39, 0.29) is 0 Å². The lowest BCUT2D eigenvalue weighted by Gasteiger charge is -2.41. The molecule has 0 N–H and O–H groups in total. The third kappa shape index (κ3) is 2.78. The molecule has 4 fully saturated rings. The van der Waals surface area contributed by atoms with Gasteiger partial charge in [0.05, 0.1) is 0 Å². The van der Waals surface area contributed by atoms with E-state index in [9.17, 15) is 0 Å². The fourth-order valence-corrected chi connectivity index (χ4v) is 7.94. The third-order valence-electron chi connectivity index (χ3n) is 10.1. The molecule has 0 aromatic rings. The van der Waals surface area contributed by atoms with E-state index >= 15 is 0 Å². The van der Waals surface area contributed by atoms with Crippen LogP contribution in [0.5, 0.6) is 0 Å². The van der Waals surface area contributed by atoms with Crippen molar-refractivity contribution in [2.45, 2.75) is 92.1 Å². The summed E-state index contributed by atoms with van der Waals surface area (Å²) in [6.45, 7) is 18.5. The van der Waals surface area contributed by atoms with Gasteiger partial charge in [0.2, 0.25) is 0 Å². The molecule has 0 aromatic carbocycles. The minimum absolute atomic E-state index is 0.649. The normalized spacial score (nSPS) is 49.4. The second-order valence-electron chi connectivity index (χ2n) is 11.8. The van der Waals surface area contributed by atoms with Crippen LogP contribution < -0.4 is 0 Å². The maximum Gasteiger partial charge on any atom is 0.150 e. The van der Waals surface area contributed by atoms with Gasteiger partial charge in [-0.2, -0.15) is 0 Å². The molecule has 25 heavy (non-hydrogen) atoms. The second kappa shape index (κ2) is 5.90. The van der Waals surface area contributed by atoms with E-state index in [0.29, 0.717) is 10.8 Å². The van der Waals surface area contributed by atoms with Gasteiger partial charge in [-0.05, 0) is 66.1 Å². The van der Waals surface area contributed by atoms with Crippen molar-refractivity contribution in [2.24, 2.45) is 46.3 Å². The first-order valence-electron chi connectivity index (χ1n) is 11.3. The Labute approximate surface area is 157 Å². The standard InChI is InChI=1S/C24H41B/c1-8-9-10-25(21-13-19-17(11-15(21)2)23(19,4)5)22-14-20-18(12-16(22)3)24(20,6)7/h8-9,15-22H,10-14H2,1-7H3/b9-8+/t15-,16-,17+,18+,19-,20-,21-,22-/m1/s1. The molecule has 0 spiro atoms. The average Bonchev–Trinajstić information content (AvgIpc) is 3.29. The van der Waals surface area contributed by atoms with Gasteiger partial charge in [-0.1, -0.05) is 84.5 Å². The van der Waals surface area contributed by atoms with Gasteiger partial charge in [-0.3, -0.25) is 0 Å². The molecular formula is C24H41B. The highest BCUT2D eigenvalue weighted by atomic mass is 14.7. The Balaban J connectivity index is 1.54. The Hall–Kier alpha value is -0.195. The third-order valence-corrected chi connectivity index (χ3v) is 10.1. The van der Waals surface area contributed by atoms with Crippen LogP contribution in [-0.2, 0) is 0 Å². The van der Waals surface area contributed by atoms with Crippen LogP contribution in [0.25, 0.3) is 0 Å². The lowest BCUT2D eigenvalue weighted by atomic mass is 9.26. The number of fused-ring (bicyclic) bond motifs is 2. The molecule has 4 aliphatic rings. The summed E-state index contributed by atoms with van der Waals surface area (Å²) in [4.78, 5) is 0. The van der Waals surface area contributed by atoms with Gasteiger partial charge in [-0.25, -0.2) is 0 Å². The van der Waals surface area contributed by atoms with Gasteiger partial charge >= 0.3 is 0 Å². The number of hydrogen-bond acceptors (Lipinski definition) is 0. The molecule has 0 aromatic heterocycles. The fourth-order valence-electron chi connectivity index (χ4n) is 7.94. The number of rotatable bonds is 4. The van der Waals surface area contributed by atoms with E-state index in [0.717, 1.165) is 53.9 Å². The summed E-state index contributed by atoms with van der Waals surface area (Å²) in [5.41, 5.74) is 1.30. The first-order valence-corrected chi connectivity index (χ1v) is 11.3. The summed E-state index contributed by atoms with van der Waals surface area (Å²) in [5, 5.41) is 0. The van der Waals surface area contributed by atoms with Crippen LogP contribution in [0.1, 0.15) is 74.1 Å². The summed E-state index contributed by atoms with van der Waals surface area (Å²) in [5.74, 6) is 7.98. The topological polar surface area (TPSA) is 0 Å². The van der Waals surface area contributed by atoms with Crippen LogP contribution in [0, 0.1) is 46.3 Å². The molecule has 0 saturated heterocycles. The Morgan fingerprint density at radius 1 is 0.760 bits per heavy atom. The molecule has 0 unspecified atom stereocenters. The van der Waals surface area contributed by atoms with Crippen molar-refractivity contribution in [1.82, 2.24) is 0 Å². The highest BCUT2D eigenvalue weighted by Gasteiger charge is 2.64. The summed E-state index contributed by atoms with van der Waals surface area (Å²) in [7, 11) is 0. The molecular weight excluding hydrogens is 299 g/mol. The number of allylic oxidation sites excluding steroid dienone is 2. The van der Waals surface area contributed by atoms with E-state index in [4.69, 9.17) is 0 Å². The Morgan fingerprint density at radius 2 is 1.16 bits per heavy atom. The second-order valence-corrected chi connectivity index (χ2v) is 11.8. The van der Waals surface area contributed by atoms with Gasteiger partial charge < -0.3 is 0 Å². The van der Waals surface area contributed by atoms with Crippen LogP contribution in [0.3, 0.4) is 0 Å². The smallest absolute Gasteiger partial charge is 0.0960 e. The maximum atomic E-state index is 2.59. The Bertz CT molecular complexity index is 502. The molecule has 0 bridgehead atoms. The first kappa shape index (κ1) is 18.2. The molecule has 140 valence electrons. The minimum atomic E-state index is 0.649. The van der Waals surface area contributed by atoms with Crippen molar-refractivity contribution >= 4 is 6.71 Å². The first-order chi connectivity index (χ1) is 11.7. The predicted molar refractivity (Wildman–Crippen MR) is 111 cm³/mol. The Kier molecular flexibility index (Phi) is 4.29. The molecule has 0 aliphatic heterocycles. The zero-order valence-electron chi connectivity index (χ0n) is 17.9. The van der Waals surface area contributed by atoms with E-state index in [1.165, 1.54) is 32.0 Å². The highest BCUT2D eigenvalue weighted by Crippen LogP contribution is 2.71. The largest absolute Gasteiger partial charge is 0.150 e. The summed E-state index contributed by atoms with van der Waals surface area (Å²) >= 11 is 0. The van der Waals surface area contributed by atoms with Crippen LogP contribution >= 0.6 is 0 Å². The van der Waals surface area contributed by atoms with Crippen molar-refractivity contribution in [2.75, 3.05) is 0 Å². The Morgan fingerprint density at radius 3 is 1.56 bits per heavy atom. The molecule has 8 atom stereocenters. The van der Waals surface area contributed by atoms with E-state index < -0.39 is 0 Å². The van der Waals surface area contributed by atoms with Crippen molar-refractivity contribution in [3.05, 3.63) is 12.2 Å². The van der Waals surface area contributed by atoms with Gasteiger partial charge in [0.15, 0.2) is 6.71 Å². The molecule has 4 rings (SSSR count). The molecule has 1 heteroatoms. The van der Waals surface area contributed by atoms with Crippen molar-refractivity contribution in [3.63, 3.8) is 0 Å². The number of hydrogen-bond donors (Lipinski definition) is 0. The average molecular weight is 340 g/mol. The lowest BCUT2D eigenvalue weighted by molar-refractivity contribution is 0.331. The van der Waals surface area contributed by atoms with Gasteiger partial charge in [0.1, 0.15) is 0 Å². The summed E-state index contributed by atoms with van der Waals surface area (Å²) in [6, 6.07) is 0. The quantitative estimate of drug-likeness (QED) is 0.375. The molecule has 0 amide bonds. The summed E-state index contributed by atoms with van der Waals surface area (Å²) < 4.78 is 0. The molecule has 4 saturated carbocycles. The van der Waals surface area contributed by atoms with Gasteiger partial charge in [0, 0.05) is 0 Å². The monoisotopic (exact) mass is 340 g/mol.